The van der Waals surface area contributed by atoms with E-state index in [0.717, 1.165) is 23.1 Å². The third-order valence-electron chi connectivity index (χ3n) is 4.69. The fourth-order valence-electron chi connectivity index (χ4n) is 3.42. The van der Waals surface area contributed by atoms with E-state index in [1.807, 2.05) is 30.3 Å². The maximum Gasteiger partial charge on any atom is 0.165 e. The number of hydrogen-bond donors (Lipinski definition) is 1. The molecule has 0 unspecified atom stereocenters. The molecule has 5 nitrogen and oxygen atoms in total. The van der Waals surface area contributed by atoms with E-state index in [9.17, 15) is 5.11 Å². The van der Waals surface area contributed by atoms with E-state index < -0.39 is 0 Å². The zero-order chi connectivity index (χ0) is 18.7. The van der Waals surface area contributed by atoms with E-state index in [2.05, 4.69) is 12.6 Å². The number of ether oxygens (including phenoxy) is 4. The van der Waals surface area contributed by atoms with Crippen LogP contribution in [0, 0.1) is 0 Å². The van der Waals surface area contributed by atoms with Gasteiger partial charge in [0.1, 0.15) is 6.10 Å². The van der Waals surface area contributed by atoms with Crippen molar-refractivity contribution in [2.24, 2.45) is 0 Å². The van der Waals surface area contributed by atoms with Crippen molar-refractivity contribution in [2.75, 3.05) is 27.9 Å². The Balaban J connectivity index is 2.04. The molecule has 1 aliphatic heterocycles. The third-order valence-corrected chi connectivity index (χ3v) is 4.69. The van der Waals surface area contributed by atoms with Crippen LogP contribution in [0.2, 0.25) is 0 Å². The molecule has 1 aliphatic rings. The molecule has 5 heteroatoms. The molecule has 0 fully saturated rings. The topological polar surface area (TPSA) is 57.2 Å². The Kier molecular flexibility index (Phi) is 5.38. The van der Waals surface area contributed by atoms with Gasteiger partial charge in [-0.3, -0.25) is 0 Å². The van der Waals surface area contributed by atoms with Crippen molar-refractivity contribution in [3.05, 3.63) is 59.7 Å². The first-order valence-corrected chi connectivity index (χ1v) is 8.47. The molecule has 0 aliphatic carbocycles. The number of rotatable bonds is 7. The molecule has 2 aromatic rings. The molecule has 0 spiro atoms. The fourth-order valence-corrected chi connectivity index (χ4v) is 3.42. The standard InChI is InChI=1S/C21H24O5/c1-5-6-13-9-15-16(12-22)20(26-21(15)19(10-13)25-4)14-7-8-17(23-2)18(11-14)24-3/h5,7-11,16,20,22H,1,6,12H2,2-4H3/t16-,20-/m1/s1. The number of aliphatic hydroxyl groups excluding tert-OH is 1. The lowest BCUT2D eigenvalue weighted by Gasteiger charge is -2.19. The molecule has 3 rings (SSSR count). The first-order chi connectivity index (χ1) is 12.7. The van der Waals surface area contributed by atoms with Crippen LogP contribution in [0.25, 0.3) is 0 Å². The second kappa shape index (κ2) is 7.70. The van der Waals surface area contributed by atoms with Gasteiger partial charge in [-0.2, -0.15) is 0 Å². The van der Waals surface area contributed by atoms with Gasteiger partial charge < -0.3 is 24.1 Å². The predicted molar refractivity (Wildman–Crippen MR) is 99.6 cm³/mol. The van der Waals surface area contributed by atoms with Gasteiger partial charge >= 0.3 is 0 Å². The van der Waals surface area contributed by atoms with Gasteiger partial charge in [0.05, 0.1) is 33.9 Å². The number of allylic oxidation sites excluding steroid dienone is 1. The SMILES string of the molecule is C=CCc1cc(OC)c2c(c1)[C@@H](CO)[C@@H](c1ccc(OC)c(OC)c1)O2. The van der Waals surface area contributed by atoms with Crippen LogP contribution in [-0.2, 0) is 6.42 Å². The molecule has 0 aromatic heterocycles. The van der Waals surface area contributed by atoms with Crippen LogP contribution >= 0.6 is 0 Å². The zero-order valence-corrected chi connectivity index (χ0v) is 15.3. The molecule has 0 amide bonds. The smallest absolute Gasteiger partial charge is 0.165 e. The van der Waals surface area contributed by atoms with Crippen molar-refractivity contribution >= 4 is 0 Å². The van der Waals surface area contributed by atoms with Crippen molar-refractivity contribution in [2.45, 2.75) is 18.4 Å². The van der Waals surface area contributed by atoms with E-state index in [4.69, 9.17) is 18.9 Å². The molecular weight excluding hydrogens is 332 g/mol. The quantitative estimate of drug-likeness (QED) is 0.768. The lowest BCUT2D eigenvalue weighted by Crippen LogP contribution is -2.13. The number of methoxy groups -OCH3 is 3. The molecule has 1 N–H and O–H groups in total. The zero-order valence-electron chi connectivity index (χ0n) is 15.3. The van der Waals surface area contributed by atoms with Gasteiger partial charge in [0, 0.05) is 5.56 Å². The van der Waals surface area contributed by atoms with Gasteiger partial charge in [-0.1, -0.05) is 18.2 Å². The van der Waals surface area contributed by atoms with Crippen molar-refractivity contribution in [3.8, 4) is 23.0 Å². The van der Waals surface area contributed by atoms with Gasteiger partial charge in [0.15, 0.2) is 23.0 Å². The van der Waals surface area contributed by atoms with E-state index in [1.54, 1.807) is 21.3 Å². The minimum Gasteiger partial charge on any atom is -0.493 e. The first-order valence-electron chi connectivity index (χ1n) is 8.47. The fraction of sp³-hybridized carbons (Fsp3) is 0.333. The van der Waals surface area contributed by atoms with Gasteiger partial charge in [0.25, 0.3) is 0 Å². The van der Waals surface area contributed by atoms with E-state index in [1.165, 1.54) is 0 Å². The van der Waals surface area contributed by atoms with Crippen LogP contribution in [0.4, 0.5) is 0 Å². The second-order valence-corrected chi connectivity index (χ2v) is 6.15. The Bertz CT molecular complexity index is 799. The van der Waals surface area contributed by atoms with Gasteiger partial charge in [-0.15, -0.1) is 6.58 Å². The van der Waals surface area contributed by atoms with Crippen molar-refractivity contribution in [1.29, 1.82) is 0 Å². The van der Waals surface area contributed by atoms with Crippen LogP contribution < -0.4 is 18.9 Å². The van der Waals surface area contributed by atoms with Gasteiger partial charge in [-0.25, -0.2) is 0 Å². The number of fused-ring (bicyclic) bond motifs is 1. The molecule has 2 atom stereocenters. The lowest BCUT2D eigenvalue weighted by atomic mass is 9.90. The average molecular weight is 356 g/mol. The Morgan fingerprint density at radius 1 is 1.04 bits per heavy atom. The number of aliphatic hydroxyl groups is 1. The van der Waals surface area contributed by atoms with Gasteiger partial charge in [-0.05, 0) is 35.7 Å². The minimum absolute atomic E-state index is 0.0350. The van der Waals surface area contributed by atoms with Crippen molar-refractivity contribution < 1.29 is 24.1 Å². The highest BCUT2D eigenvalue weighted by Crippen LogP contribution is 2.51. The van der Waals surface area contributed by atoms with Crippen LogP contribution in [-0.4, -0.2) is 33.0 Å². The van der Waals surface area contributed by atoms with E-state index in [0.29, 0.717) is 23.0 Å². The summed E-state index contributed by atoms with van der Waals surface area (Å²) in [5.41, 5.74) is 2.93. The predicted octanol–water partition coefficient (Wildman–Crippen LogP) is 3.65. The summed E-state index contributed by atoms with van der Waals surface area (Å²) in [5, 5.41) is 10.1. The number of benzene rings is 2. The largest absolute Gasteiger partial charge is 0.493 e. The normalized spacial score (nSPS) is 18.0. The third kappa shape index (κ3) is 3.10. The Hall–Kier alpha value is -2.66. The Morgan fingerprint density at radius 3 is 2.38 bits per heavy atom. The molecule has 1 heterocycles. The highest BCUT2D eigenvalue weighted by atomic mass is 16.5. The van der Waals surface area contributed by atoms with Gasteiger partial charge in [0.2, 0.25) is 0 Å². The van der Waals surface area contributed by atoms with Crippen LogP contribution in [0.3, 0.4) is 0 Å². The summed E-state index contributed by atoms with van der Waals surface area (Å²) in [6.07, 6.45) is 2.24. The van der Waals surface area contributed by atoms with E-state index in [-0.39, 0.29) is 18.6 Å². The molecule has 138 valence electrons. The average Bonchev–Trinajstić information content (AvgIpc) is 3.05. The molecular formula is C21H24O5. The van der Waals surface area contributed by atoms with Crippen molar-refractivity contribution in [1.82, 2.24) is 0 Å². The summed E-state index contributed by atoms with van der Waals surface area (Å²) in [6.45, 7) is 3.76. The van der Waals surface area contributed by atoms with Crippen LogP contribution in [0.15, 0.2) is 43.0 Å². The van der Waals surface area contributed by atoms with Crippen molar-refractivity contribution in [3.63, 3.8) is 0 Å². The highest BCUT2D eigenvalue weighted by Gasteiger charge is 2.38. The lowest BCUT2D eigenvalue weighted by molar-refractivity contribution is 0.156. The molecule has 0 saturated heterocycles. The maximum atomic E-state index is 10.1. The summed E-state index contributed by atoms with van der Waals surface area (Å²) in [5.74, 6) is 2.43. The van der Waals surface area contributed by atoms with E-state index >= 15 is 0 Å². The maximum absolute atomic E-state index is 10.1. The highest BCUT2D eigenvalue weighted by molar-refractivity contribution is 5.56. The number of hydrogen-bond acceptors (Lipinski definition) is 5. The Labute approximate surface area is 153 Å². The van der Waals surface area contributed by atoms with Crippen LogP contribution in [0.1, 0.15) is 28.7 Å². The van der Waals surface area contributed by atoms with Crippen LogP contribution in [0.5, 0.6) is 23.0 Å². The molecule has 0 bridgehead atoms. The summed E-state index contributed by atoms with van der Waals surface area (Å²) in [7, 11) is 4.82. The summed E-state index contributed by atoms with van der Waals surface area (Å²) < 4.78 is 22.4. The molecule has 0 saturated carbocycles. The monoisotopic (exact) mass is 356 g/mol. The first kappa shape index (κ1) is 18.1. The molecule has 26 heavy (non-hydrogen) atoms. The second-order valence-electron chi connectivity index (χ2n) is 6.15. The Morgan fingerprint density at radius 2 is 1.77 bits per heavy atom. The summed E-state index contributed by atoms with van der Waals surface area (Å²) >= 11 is 0. The molecule has 0 radical (unpaired) electrons. The summed E-state index contributed by atoms with van der Waals surface area (Å²) in [4.78, 5) is 0. The summed E-state index contributed by atoms with van der Waals surface area (Å²) in [6, 6.07) is 9.66. The molecule has 2 aromatic carbocycles. The minimum atomic E-state index is -0.331.